The Morgan fingerprint density at radius 1 is 1.08 bits per heavy atom. The van der Waals surface area contributed by atoms with Gasteiger partial charge in [0.05, 0.1) is 10.0 Å². The van der Waals surface area contributed by atoms with E-state index in [0.717, 1.165) is 16.6 Å². The molecular weight excluding hydrogens is 383 g/mol. The first-order chi connectivity index (χ1) is 11.8. The van der Waals surface area contributed by atoms with E-state index in [1.165, 1.54) is 19.2 Å². The maximum atomic E-state index is 11.9. The van der Waals surface area contributed by atoms with Crippen LogP contribution < -0.4 is 4.72 Å². The van der Waals surface area contributed by atoms with Gasteiger partial charge < -0.3 is 4.98 Å². The van der Waals surface area contributed by atoms with Gasteiger partial charge >= 0.3 is 0 Å². The zero-order chi connectivity index (χ0) is 18.2. The van der Waals surface area contributed by atoms with Crippen LogP contribution in [0.3, 0.4) is 0 Å². The molecule has 0 saturated carbocycles. The first kappa shape index (κ1) is 17.9. The van der Waals surface area contributed by atoms with Crippen LogP contribution in [0.5, 0.6) is 0 Å². The lowest BCUT2D eigenvalue weighted by atomic mass is 10.2. The zero-order valence-corrected chi connectivity index (χ0v) is 15.7. The molecule has 1 heterocycles. The molecule has 0 aliphatic rings. The van der Waals surface area contributed by atoms with E-state index in [-0.39, 0.29) is 20.6 Å². The van der Waals surface area contributed by atoms with Gasteiger partial charge in [0.1, 0.15) is 16.3 Å². The minimum absolute atomic E-state index is 0.0170. The van der Waals surface area contributed by atoms with Crippen LogP contribution in [0.1, 0.15) is 5.69 Å². The number of H-pyrrole nitrogens is 1. The fourth-order valence-electron chi connectivity index (χ4n) is 2.41. The van der Waals surface area contributed by atoms with Crippen LogP contribution in [-0.2, 0) is 10.0 Å². The van der Waals surface area contributed by atoms with Crippen molar-refractivity contribution in [3.63, 3.8) is 0 Å². The smallest absolute Gasteiger partial charge is 0.241 e. The molecule has 3 aromatic rings. The lowest BCUT2D eigenvalue weighted by Crippen LogP contribution is -2.18. The number of aryl methyl sites for hydroxylation is 1. The number of nitrogens with zero attached hydrogens (tertiary/aromatic N) is 2. The Labute approximate surface area is 154 Å². The second kappa shape index (κ2) is 6.76. The van der Waals surface area contributed by atoms with Gasteiger partial charge in [-0.3, -0.25) is 0 Å². The van der Waals surface area contributed by atoms with Gasteiger partial charge in [-0.2, -0.15) is 0 Å². The lowest BCUT2D eigenvalue weighted by molar-refractivity contribution is 0.588. The topological polar surface area (TPSA) is 86.7 Å². The molecule has 0 saturated heterocycles. The van der Waals surface area contributed by atoms with Crippen molar-refractivity contribution in [3.05, 3.63) is 52.1 Å². The molecule has 130 valence electrons. The molecular formula is C16H14Cl2N4O2S. The molecule has 3 rings (SSSR count). The van der Waals surface area contributed by atoms with Gasteiger partial charge in [-0.05, 0) is 32.2 Å². The number of aromatic amines is 1. The van der Waals surface area contributed by atoms with Gasteiger partial charge in [0.25, 0.3) is 0 Å². The van der Waals surface area contributed by atoms with Crippen LogP contribution >= 0.6 is 23.2 Å². The quantitative estimate of drug-likeness (QED) is 0.600. The normalized spacial score (nSPS) is 12.3. The fourth-order valence-corrected chi connectivity index (χ4v) is 3.94. The van der Waals surface area contributed by atoms with Crippen LogP contribution in [-0.4, -0.2) is 20.4 Å². The van der Waals surface area contributed by atoms with Gasteiger partial charge in [0.2, 0.25) is 10.0 Å². The van der Waals surface area contributed by atoms with E-state index in [4.69, 9.17) is 23.2 Å². The molecule has 0 spiro atoms. The molecule has 1 aromatic heterocycles. The zero-order valence-electron chi connectivity index (χ0n) is 13.3. The van der Waals surface area contributed by atoms with Crippen molar-refractivity contribution in [2.45, 2.75) is 11.8 Å². The Hall–Kier alpha value is -1.93. The van der Waals surface area contributed by atoms with E-state index in [2.05, 4.69) is 19.9 Å². The minimum Gasteiger partial charge on any atom is -0.357 e. The number of hydrogen-bond acceptors (Lipinski definition) is 4. The van der Waals surface area contributed by atoms with E-state index >= 15 is 0 Å². The molecule has 0 unspecified atom stereocenters. The number of benzene rings is 2. The third-order valence-corrected chi connectivity index (χ3v) is 5.86. The van der Waals surface area contributed by atoms with Gasteiger partial charge in [-0.15, -0.1) is 10.2 Å². The second-order valence-electron chi connectivity index (χ2n) is 5.29. The highest BCUT2D eigenvalue weighted by atomic mass is 35.5. The van der Waals surface area contributed by atoms with E-state index < -0.39 is 10.0 Å². The number of hydrogen-bond donors (Lipinski definition) is 2. The molecule has 2 N–H and O–H groups in total. The van der Waals surface area contributed by atoms with Crippen molar-refractivity contribution >= 4 is 55.5 Å². The highest BCUT2D eigenvalue weighted by Crippen LogP contribution is 2.36. The number of fused-ring (bicyclic) bond motifs is 1. The van der Waals surface area contributed by atoms with Crippen molar-refractivity contribution in [1.82, 2.24) is 9.71 Å². The Morgan fingerprint density at radius 2 is 1.80 bits per heavy atom. The van der Waals surface area contributed by atoms with E-state index in [1.54, 1.807) is 0 Å². The van der Waals surface area contributed by atoms with Crippen molar-refractivity contribution in [2.24, 2.45) is 10.2 Å². The van der Waals surface area contributed by atoms with Crippen molar-refractivity contribution in [1.29, 1.82) is 0 Å². The summed E-state index contributed by atoms with van der Waals surface area (Å²) >= 11 is 12.2. The lowest BCUT2D eigenvalue weighted by Gasteiger charge is -2.07. The third-order valence-electron chi connectivity index (χ3n) is 3.68. The number of para-hydroxylation sites is 1. The maximum Gasteiger partial charge on any atom is 0.241 e. The van der Waals surface area contributed by atoms with Crippen molar-refractivity contribution in [3.8, 4) is 0 Å². The summed E-state index contributed by atoms with van der Waals surface area (Å²) in [5.41, 5.74) is 2.79. The number of sulfonamides is 1. The summed E-state index contributed by atoms with van der Waals surface area (Å²) in [6, 6.07) is 10.4. The van der Waals surface area contributed by atoms with Crippen LogP contribution in [0.25, 0.3) is 10.9 Å². The van der Waals surface area contributed by atoms with E-state index in [0.29, 0.717) is 5.69 Å². The largest absolute Gasteiger partial charge is 0.357 e. The Morgan fingerprint density at radius 3 is 2.52 bits per heavy atom. The Balaban J connectivity index is 2.05. The number of nitrogens with one attached hydrogen (secondary N) is 2. The van der Waals surface area contributed by atoms with E-state index in [1.807, 2.05) is 31.2 Å². The molecule has 6 nitrogen and oxygen atoms in total. The molecule has 0 bridgehead atoms. The summed E-state index contributed by atoms with van der Waals surface area (Å²) < 4.78 is 26.0. The third kappa shape index (κ3) is 3.41. The van der Waals surface area contributed by atoms with Crippen molar-refractivity contribution < 1.29 is 8.42 Å². The van der Waals surface area contributed by atoms with Crippen LogP contribution in [0.15, 0.2) is 51.5 Å². The minimum atomic E-state index is -3.71. The van der Waals surface area contributed by atoms with Gasteiger partial charge in [-0.1, -0.05) is 41.4 Å². The van der Waals surface area contributed by atoms with E-state index in [9.17, 15) is 8.42 Å². The maximum absolute atomic E-state index is 11.9. The summed E-state index contributed by atoms with van der Waals surface area (Å²) in [5.74, 6) is 0. The number of halogens is 2. The first-order valence-corrected chi connectivity index (χ1v) is 9.49. The van der Waals surface area contributed by atoms with Gasteiger partial charge in [-0.25, -0.2) is 13.1 Å². The van der Waals surface area contributed by atoms with Crippen LogP contribution in [0.2, 0.25) is 10.0 Å². The standard InChI is InChI=1S/C16H14Cl2N4O2S/c1-9-16(10-5-3-4-6-13(10)20-9)22-21-14-7-12(18)15(8-11(14)17)25(23,24)19-2/h3-8,19-20H,1-2H3. The Kier molecular flexibility index (Phi) is 4.83. The summed E-state index contributed by atoms with van der Waals surface area (Å²) in [6.45, 7) is 1.89. The van der Waals surface area contributed by atoms with Crippen molar-refractivity contribution in [2.75, 3.05) is 7.05 Å². The van der Waals surface area contributed by atoms with Crippen LogP contribution in [0.4, 0.5) is 11.4 Å². The highest BCUT2D eigenvalue weighted by Gasteiger charge is 2.18. The predicted molar refractivity (Wildman–Crippen MR) is 99.9 cm³/mol. The summed E-state index contributed by atoms with van der Waals surface area (Å²) in [7, 11) is -2.41. The average Bonchev–Trinajstić information content (AvgIpc) is 2.90. The average molecular weight is 397 g/mol. The predicted octanol–water partition coefficient (Wildman–Crippen LogP) is 5.11. The summed E-state index contributed by atoms with van der Waals surface area (Å²) in [4.78, 5) is 3.12. The molecule has 0 aliphatic heterocycles. The monoisotopic (exact) mass is 396 g/mol. The molecule has 9 heteroatoms. The number of azo groups is 1. The number of rotatable bonds is 4. The fraction of sp³-hybridized carbons (Fsp3) is 0.125. The molecule has 0 amide bonds. The first-order valence-electron chi connectivity index (χ1n) is 7.25. The molecule has 0 aliphatic carbocycles. The van der Waals surface area contributed by atoms with Gasteiger partial charge in [0, 0.05) is 16.6 Å². The SMILES string of the molecule is CNS(=O)(=O)c1cc(Cl)c(N=Nc2c(C)[nH]c3ccccc23)cc1Cl. The molecule has 2 aromatic carbocycles. The molecule has 25 heavy (non-hydrogen) atoms. The Bertz CT molecular complexity index is 1090. The number of aromatic nitrogens is 1. The molecule has 0 atom stereocenters. The second-order valence-corrected chi connectivity index (χ2v) is 7.96. The molecule has 0 fully saturated rings. The molecule has 0 radical (unpaired) electrons. The van der Waals surface area contributed by atoms with Gasteiger partial charge in [0.15, 0.2) is 0 Å². The summed E-state index contributed by atoms with van der Waals surface area (Å²) in [6.07, 6.45) is 0. The van der Waals surface area contributed by atoms with Crippen LogP contribution in [0, 0.1) is 6.92 Å². The summed E-state index contributed by atoms with van der Waals surface area (Å²) in [5, 5.41) is 9.49. The highest BCUT2D eigenvalue weighted by molar-refractivity contribution is 7.89.